The van der Waals surface area contributed by atoms with E-state index in [2.05, 4.69) is 9.82 Å². The van der Waals surface area contributed by atoms with E-state index in [9.17, 15) is 13.2 Å². The van der Waals surface area contributed by atoms with Crippen LogP contribution in [0.2, 0.25) is 5.02 Å². The number of ether oxygens (including phenoxy) is 1. The van der Waals surface area contributed by atoms with E-state index in [0.29, 0.717) is 11.4 Å². The van der Waals surface area contributed by atoms with Gasteiger partial charge in [0.1, 0.15) is 10.6 Å². The summed E-state index contributed by atoms with van der Waals surface area (Å²) < 4.78 is 33.5. The summed E-state index contributed by atoms with van der Waals surface area (Å²) in [5.74, 6) is 0.714. The van der Waals surface area contributed by atoms with Crippen molar-refractivity contribution in [3.8, 4) is 17.0 Å². The fourth-order valence-electron chi connectivity index (χ4n) is 2.55. The third-order valence-corrected chi connectivity index (χ3v) is 5.96. The number of hydrogen-bond donors (Lipinski definition) is 1. The van der Waals surface area contributed by atoms with Crippen molar-refractivity contribution >= 4 is 21.6 Å². The van der Waals surface area contributed by atoms with Gasteiger partial charge in [0.05, 0.1) is 24.4 Å². The second-order valence-electron chi connectivity index (χ2n) is 5.84. The van der Waals surface area contributed by atoms with Gasteiger partial charge in [-0.3, -0.25) is 4.79 Å². The summed E-state index contributed by atoms with van der Waals surface area (Å²) in [5.41, 5.74) is 1.08. The fourth-order valence-corrected chi connectivity index (χ4v) is 4.09. The van der Waals surface area contributed by atoms with Gasteiger partial charge in [-0.25, -0.2) is 17.8 Å². The number of methoxy groups -OCH3 is 1. The zero-order valence-electron chi connectivity index (χ0n) is 15.0. The molecule has 0 fully saturated rings. The molecule has 0 aliphatic carbocycles. The first-order valence-electron chi connectivity index (χ1n) is 8.37. The standard InChI is InChI=1S/C19H18ClN3O4S/c1-27-15-8-6-14(7-9-15)17-10-11-19(24)23(22-17)13-12-21-28(25,26)18-5-3-2-4-16(18)20/h2-11,21H,12-13H2,1H3. The van der Waals surface area contributed by atoms with Crippen LogP contribution >= 0.6 is 11.6 Å². The molecule has 146 valence electrons. The maximum atomic E-state index is 12.4. The third kappa shape index (κ3) is 4.59. The first-order chi connectivity index (χ1) is 13.4. The van der Waals surface area contributed by atoms with Crippen LogP contribution in [0.5, 0.6) is 5.75 Å². The number of aromatic nitrogens is 2. The van der Waals surface area contributed by atoms with Gasteiger partial charge in [-0.2, -0.15) is 5.10 Å². The van der Waals surface area contributed by atoms with Crippen LogP contribution in [0, 0.1) is 0 Å². The largest absolute Gasteiger partial charge is 0.497 e. The summed E-state index contributed by atoms with van der Waals surface area (Å²) >= 11 is 5.94. The molecule has 2 aromatic carbocycles. The van der Waals surface area contributed by atoms with Gasteiger partial charge < -0.3 is 4.74 Å². The smallest absolute Gasteiger partial charge is 0.266 e. The summed E-state index contributed by atoms with van der Waals surface area (Å²) in [6.07, 6.45) is 0. The van der Waals surface area contributed by atoms with Crippen LogP contribution in [0.1, 0.15) is 0 Å². The second-order valence-corrected chi connectivity index (χ2v) is 7.98. The van der Waals surface area contributed by atoms with E-state index < -0.39 is 10.0 Å². The number of halogens is 1. The first-order valence-corrected chi connectivity index (χ1v) is 10.2. The topological polar surface area (TPSA) is 90.3 Å². The molecular weight excluding hydrogens is 402 g/mol. The predicted molar refractivity (Wildman–Crippen MR) is 107 cm³/mol. The summed E-state index contributed by atoms with van der Waals surface area (Å²) in [5, 5.41) is 4.44. The molecule has 7 nitrogen and oxygen atoms in total. The zero-order valence-corrected chi connectivity index (χ0v) is 16.6. The van der Waals surface area contributed by atoms with Crippen LogP contribution in [0.25, 0.3) is 11.3 Å². The van der Waals surface area contributed by atoms with Gasteiger partial charge in [-0.05, 0) is 42.5 Å². The number of nitrogens with zero attached hydrogens (tertiary/aromatic N) is 2. The lowest BCUT2D eigenvalue weighted by Crippen LogP contribution is -2.32. The first kappa shape index (κ1) is 20.1. The summed E-state index contributed by atoms with van der Waals surface area (Å²) in [7, 11) is -2.20. The van der Waals surface area contributed by atoms with Gasteiger partial charge in [-0.15, -0.1) is 0 Å². The number of hydrogen-bond acceptors (Lipinski definition) is 5. The molecule has 0 saturated heterocycles. The van der Waals surface area contributed by atoms with Gasteiger partial charge >= 0.3 is 0 Å². The minimum atomic E-state index is -3.78. The van der Waals surface area contributed by atoms with Crippen molar-refractivity contribution in [1.29, 1.82) is 0 Å². The Hall–Kier alpha value is -2.68. The Bertz CT molecular complexity index is 1130. The molecule has 0 saturated carbocycles. The Labute approximate surface area is 167 Å². The average Bonchev–Trinajstić information content (AvgIpc) is 2.69. The van der Waals surface area contributed by atoms with Crippen LogP contribution in [-0.4, -0.2) is 31.9 Å². The molecule has 9 heteroatoms. The van der Waals surface area contributed by atoms with Crippen molar-refractivity contribution in [2.75, 3.05) is 13.7 Å². The Morgan fingerprint density at radius 1 is 1.07 bits per heavy atom. The molecular formula is C19H18ClN3O4S. The van der Waals surface area contributed by atoms with E-state index in [4.69, 9.17) is 16.3 Å². The highest BCUT2D eigenvalue weighted by atomic mass is 35.5. The average molecular weight is 420 g/mol. The summed E-state index contributed by atoms with van der Waals surface area (Å²) in [6.45, 7) is 0.0685. The molecule has 0 amide bonds. The van der Waals surface area contributed by atoms with Crippen molar-refractivity contribution in [3.05, 3.63) is 76.0 Å². The second kappa shape index (κ2) is 8.55. The van der Waals surface area contributed by atoms with Crippen molar-refractivity contribution in [1.82, 2.24) is 14.5 Å². The van der Waals surface area contributed by atoms with Gasteiger partial charge in [0.25, 0.3) is 5.56 Å². The minimum Gasteiger partial charge on any atom is -0.497 e. The van der Waals surface area contributed by atoms with Gasteiger partial charge in [0.15, 0.2) is 0 Å². The van der Waals surface area contributed by atoms with Crippen molar-refractivity contribution in [2.24, 2.45) is 0 Å². The molecule has 3 rings (SSSR count). The Morgan fingerprint density at radius 3 is 2.46 bits per heavy atom. The number of sulfonamides is 1. The van der Waals surface area contributed by atoms with Crippen LogP contribution in [0.3, 0.4) is 0 Å². The quantitative estimate of drug-likeness (QED) is 0.635. The van der Waals surface area contributed by atoms with E-state index in [-0.39, 0.29) is 28.6 Å². The fraction of sp³-hybridized carbons (Fsp3) is 0.158. The minimum absolute atomic E-state index is 0.00741. The highest BCUT2D eigenvalue weighted by Gasteiger charge is 2.16. The van der Waals surface area contributed by atoms with Crippen LogP contribution in [0.4, 0.5) is 0 Å². The maximum absolute atomic E-state index is 12.4. The molecule has 1 heterocycles. The van der Waals surface area contributed by atoms with Crippen molar-refractivity contribution in [3.63, 3.8) is 0 Å². The van der Waals surface area contributed by atoms with Crippen molar-refractivity contribution in [2.45, 2.75) is 11.4 Å². The van der Waals surface area contributed by atoms with E-state index in [1.54, 1.807) is 37.4 Å². The molecule has 0 spiro atoms. The number of benzene rings is 2. The third-order valence-electron chi connectivity index (χ3n) is 3.99. The Kier molecular flexibility index (Phi) is 6.13. The monoisotopic (exact) mass is 419 g/mol. The molecule has 0 radical (unpaired) electrons. The summed E-state index contributed by atoms with van der Waals surface area (Å²) in [4.78, 5) is 12.1. The van der Waals surface area contributed by atoms with E-state index >= 15 is 0 Å². The Balaban J connectivity index is 1.74. The number of rotatable bonds is 7. The van der Waals surface area contributed by atoms with Gasteiger partial charge in [-0.1, -0.05) is 23.7 Å². The van der Waals surface area contributed by atoms with Crippen molar-refractivity contribution < 1.29 is 13.2 Å². The highest BCUT2D eigenvalue weighted by Crippen LogP contribution is 2.20. The van der Waals surface area contributed by atoms with E-state index in [1.807, 2.05) is 12.1 Å². The predicted octanol–water partition coefficient (Wildman–Crippen LogP) is 2.55. The lowest BCUT2D eigenvalue weighted by Gasteiger charge is -2.10. The highest BCUT2D eigenvalue weighted by molar-refractivity contribution is 7.89. The molecule has 0 unspecified atom stereocenters. The lowest BCUT2D eigenvalue weighted by molar-refractivity contribution is 0.415. The molecule has 1 aromatic heterocycles. The van der Waals surface area contributed by atoms with Crippen LogP contribution in [-0.2, 0) is 16.6 Å². The molecule has 1 N–H and O–H groups in total. The normalized spacial score (nSPS) is 11.4. The molecule has 0 atom stereocenters. The Morgan fingerprint density at radius 2 is 1.79 bits per heavy atom. The zero-order chi connectivity index (χ0) is 20.1. The number of nitrogens with one attached hydrogen (secondary N) is 1. The lowest BCUT2D eigenvalue weighted by atomic mass is 10.1. The molecule has 28 heavy (non-hydrogen) atoms. The molecule has 3 aromatic rings. The molecule has 0 aliphatic rings. The van der Waals surface area contributed by atoms with Gasteiger partial charge in [0, 0.05) is 18.2 Å². The van der Waals surface area contributed by atoms with Crippen LogP contribution < -0.4 is 15.0 Å². The molecule has 0 bridgehead atoms. The summed E-state index contributed by atoms with van der Waals surface area (Å²) in [6, 6.07) is 16.4. The molecule has 0 aliphatic heterocycles. The maximum Gasteiger partial charge on any atom is 0.266 e. The van der Waals surface area contributed by atoms with E-state index in [0.717, 1.165) is 5.56 Å². The van der Waals surface area contributed by atoms with Gasteiger partial charge in [0.2, 0.25) is 10.0 Å². The van der Waals surface area contributed by atoms with E-state index in [1.165, 1.54) is 22.9 Å². The SMILES string of the molecule is COc1ccc(-c2ccc(=O)n(CCNS(=O)(=O)c3ccccc3Cl)n2)cc1. The van der Waals surface area contributed by atoms with Crippen LogP contribution in [0.15, 0.2) is 70.4 Å².